The van der Waals surface area contributed by atoms with E-state index in [1.165, 1.54) is 16.4 Å². The first-order valence-corrected chi connectivity index (χ1v) is 10.8. The molecule has 1 atom stereocenters. The lowest BCUT2D eigenvalue weighted by molar-refractivity contribution is -0.132. The zero-order valence-corrected chi connectivity index (χ0v) is 17.3. The van der Waals surface area contributed by atoms with Gasteiger partial charge in [0.2, 0.25) is 21.8 Å². The molecule has 2 rings (SSSR count). The van der Waals surface area contributed by atoms with Crippen molar-refractivity contribution in [2.24, 2.45) is 11.8 Å². The smallest absolute Gasteiger partial charge is 0.243 e. The summed E-state index contributed by atoms with van der Waals surface area (Å²) in [6.07, 6.45) is 1.49. The molecule has 0 aliphatic carbocycles. The van der Waals surface area contributed by atoms with Crippen LogP contribution in [0.15, 0.2) is 33.6 Å². The van der Waals surface area contributed by atoms with Gasteiger partial charge in [0.1, 0.15) is 0 Å². The van der Waals surface area contributed by atoms with E-state index < -0.39 is 15.9 Å². The number of hydrogen-bond donors (Lipinski definition) is 2. The fourth-order valence-corrected chi connectivity index (χ4v) is 4.57. The highest BCUT2D eigenvalue weighted by atomic mass is 79.9. The van der Waals surface area contributed by atoms with Crippen molar-refractivity contribution < 1.29 is 18.0 Å². The Morgan fingerprint density at radius 3 is 2.50 bits per heavy atom. The molecule has 2 N–H and O–H groups in total. The Labute approximate surface area is 162 Å². The summed E-state index contributed by atoms with van der Waals surface area (Å²) in [7, 11) is -3.65. The maximum atomic E-state index is 12.8. The number of hydrogen-bond acceptors (Lipinski definition) is 4. The van der Waals surface area contributed by atoms with E-state index in [-0.39, 0.29) is 29.2 Å². The lowest BCUT2D eigenvalue weighted by Crippen LogP contribution is -2.50. The van der Waals surface area contributed by atoms with E-state index in [2.05, 4.69) is 26.8 Å². The first-order chi connectivity index (χ1) is 12.2. The van der Waals surface area contributed by atoms with Gasteiger partial charge in [-0.3, -0.25) is 20.4 Å². The molecule has 1 fully saturated rings. The van der Waals surface area contributed by atoms with Crippen molar-refractivity contribution in [2.75, 3.05) is 13.1 Å². The van der Waals surface area contributed by atoms with Gasteiger partial charge in [-0.15, -0.1) is 0 Å². The molecule has 1 saturated heterocycles. The van der Waals surface area contributed by atoms with Crippen LogP contribution in [-0.4, -0.2) is 37.6 Å². The molecule has 0 bridgehead atoms. The highest BCUT2D eigenvalue weighted by Crippen LogP contribution is 2.24. The van der Waals surface area contributed by atoms with Crippen LogP contribution in [0.2, 0.25) is 0 Å². The van der Waals surface area contributed by atoms with Crippen molar-refractivity contribution in [3.8, 4) is 0 Å². The summed E-state index contributed by atoms with van der Waals surface area (Å²) in [6, 6.07) is 6.42. The quantitative estimate of drug-likeness (QED) is 0.677. The molecule has 1 aromatic rings. The van der Waals surface area contributed by atoms with Crippen LogP contribution in [0.4, 0.5) is 0 Å². The van der Waals surface area contributed by atoms with Crippen LogP contribution >= 0.6 is 15.9 Å². The number of halogens is 1. The van der Waals surface area contributed by atoms with Gasteiger partial charge >= 0.3 is 0 Å². The predicted molar refractivity (Wildman–Crippen MR) is 101 cm³/mol. The molecule has 1 unspecified atom stereocenters. The maximum absolute atomic E-state index is 12.8. The van der Waals surface area contributed by atoms with Crippen LogP contribution in [-0.2, 0) is 19.6 Å². The van der Waals surface area contributed by atoms with E-state index in [0.717, 1.165) is 4.47 Å². The molecule has 0 saturated carbocycles. The second-order valence-electron chi connectivity index (χ2n) is 6.79. The molecule has 1 aliphatic heterocycles. The highest BCUT2D eigenvalue weighted by molar-refractivity contribution is 9.10. The van der Waals surface area contributed by atoms with Crippen LogP contribution in [0.25, 0.3) is 0 Å². The van der Waals surface area contributed by atoms with Crippen molar-refractivity contribution >= 4 is 37.8 Å². The maximum Gasteiger partial charge on any atom is 0.243 e. The largest absolute Gasteiger partial charge is 0.273 e. The average molecular weight is 446 g/mol. The van der Waals surface area contributed by atoms with Gasteiger partial charge in [0.15, 0.2) is 0 Å². The van der Waals surface area contributed by atoms with Gasteiger partial charge in [-0.05, 0) is 43.0 Å². The van der Waals surface area contributed by atoms with Gasteiger partial charge < -0.3 is 0 Å². The first-order valence-electron chi connectivity index (χ1n) is 8.54. The number of benzene rings is 1. The standard InChI is InChI=1S/C17H24BrN3O4S/c1-12(2)10-16(22)19-20-17(23)13-4-3-9-21(11-13)26(24,25)15-7-5-14(18)6-8-15/h5-8,12-13H,3-4,9-11H2,1-2H3,(H,19,22)(H,20,23). The van der Waals surface area contributed by atoms with Crippen LogP contribution in [0, 0.1) is 11.8 Å². The topological polar surface area (TPSA) is 95.6 Å². The van der Waals surface area contributed by atoms with Crippen LogP contribution in [0.5, 0.6) is 0 Å². The molecule has 0 aromatic heterocycles. The monoisotopic (exact) mass is 445 g/mol. The lowest BCUT2D eigenvalue weighted by Gasteiger charge is -2.31. The van der Waals surface area contributed by atoms with E-state index in [0.29, 0.717) is 25.8 Å². The number of nitrogens with zero attached hydrogens (tertiary/aromatic N) is 1. The van der Waals surface area contributed by atoms with Crippen molar-refractivity contribution in [3.05, 3.63) is 28.7 Å². The number of carbonyl (C=O) groups excluding carboxylic acids is 2. The molecule has 9 heteroatoms. The summed E-state index contributed by atoms with van der Waals surface area (Å²) in [5, 5.41) is 0. The Balaban J connectivity index is 1.98. The molecule has 0 radical (unpaired) electrons. The summed E-state index contributed by atoms with van der Waals surface area (Å²) in [5.41, 5.74) is 4.80. The number of carbonyl (C=O) groups is 2. The minimum Gasteiger partial charge on any atom is -0.273 e. The molecule has 1 aliphatic rings. The van der Waals surface area contributed by atoms with Gasteiger partial charge in [-0.1, -0.05) is 29.8 Å². The van der Waals surface area contributed by atoms with E-state index >= 15 is 0 Å². The Morgan fingerprint density at radius 1 is 1.23 bits per heavy atom. The van der Waals surface area contributed by atoms with Crippen molar-refractivity contribution in [1.29, 1.82) is 0 Å². The summed E-state index contributed by atoms with van der Waals surface area (Å²) in [4.78, 5) is 24.1. The molecular weight excluding hydrogens is 422 g/mol. The average Bonchev–Trinajstić information content (AvgIpc) is 2.59. The Bertz CT molecular complexity index is 750. The van der Waals surface area contributed by atoms with Gasteiger partial charge in [0, 0.05) is 24.0 Å². The zero-order chi connectivity index (χ0) is 19.3. The molecule has 2 amide bonds. The Morgan fingerprint density at radius 2 is 1.88 bits per heavy atom. The van der Waals surface area contributed by atoms with E-state index in [1.807, 2.05) is 13.8 Å². The SMILES string of the molecule is CC(C)CC(=O)NNC(=O)C1CCCN(S(=O)(=O)c2ccc(Br)cc2)C1. The molecule has 144 valence electrons. The van der Waals surface area contributed by atoms with Crippen LogP contribution in [0.3, 0.4) is 0 Å². The third-order valence-corrected chi connectivity index (χ3v) is 6.53. The molecular formula is C17H24BrN3O4S. The number of nitrogens with one attached hydrogen (secondary N) is 2. The molecule has 0 spiro atoms. The number of rotatable bonds is 5. The second-order valence-corrected chi connectivity index (χ2v) is 9.65. The Hall–Kier alpha value is -1.45. The summed E-state index contributed by atoms with van der Waals surface area (Å²) >= 11 is 3.28. The fraction of sp³-hybridized carbons (Fsp3) is 0.529. The first kappa shape index (κ1) is 20.9. The van der Waals surface area contributed by atoms with Crippen molar-refractivity contribution in [1.82, 2.24) is 15.2 Å². The van der Waals surface area contributed by atoms with Gasteiger partial charge in [-0.2, -0.15) is 4.31 Å². The number of sulfonamides is 1. The number of amides is 2. The lowest BCUT2D eigenvalue weighted by atomic mass is 9.99. The molecule has 1 heterocycles. The second kappa shape index (κ2) is 8.96. The molecule has 26 heavy (non-hydrogen) atoms. The highest BCUT2D eigenvalue weighted by Gasteiger charge is 2.33. The van der Waals surface area contributed by atoms with Crippen molar-refractivity contribution in [3.63, 3.8) is 0 Å². The fourth-order valence-electron chi connectivity index (χ4n) is 2.79. The predicted octanol–water partition coefficient (Wildman–Crippen LogP) is 2.04. The minimum absolute atomic E-state index is 0.101. The van der Waals surface area contributed by atoms with Gasteiger partial charge in [-0.25, -0.2) is 8.42 Å². The zero-order valence-electron chi connectivity index (χ0n) is 14.9. The molecule has 7 nitrogen and oxygen atoms in total. The summed E-state index contributed by atoms with van der Waals surface area (Å²) in [5.74, 6) is -0.928. The van der Waals surface area contributed by atoms with Crippen molar-refractivity contribution in [2.45, 2.75) is 38.0 Å². The number of hydrazine groups is 1. The van der Waals surface area contributed by atoms with Crippen LogP contribution in [0.1, 0.15) is 33.1 Å². The normalized spacial score (nSPS) is 18.5. The van der Waals surface area contributed by atoms with E-state index in [9.17, 15) is 18.0 Å². The third-order valence-electron chi connectivity index (χ3n) is 4.13. The van der Waals surface area contributed by atoms with Gasteiger partial charge in [0.05, 0.1) is 10.8 Å². The molecule has 1 aromatic carbocycles. The van der Waals surface area contributed by atoms with E-state index in [1.54, 1.807) is 12.1 Å². The minimum atomic E-state index is -3.65. The van der Waals surface area contributed by atoms with Gasteiger partial charge in [0.25, 0.3) is 0 Å². The third kappa shape index (κ3) is 5.52. The summed E-state index contributed by atoms with van der Waals surface area (Å²) < 4.78 is 27.7. The number of piperidine rings is 1. The van der Waals surface area contributed by atoms with Crippen LogP contribution < -0.4 is 10.9 Å². The summed E-state index contributed by atoms with van der Waals surface area (Å²) in [6.45, 7) is 4.30. The Kier molecular flexibility index (Phi) is 7.19. The van der Waals surface area contributed by atoms with E-state index in [4.69, 9.17) is 0 Å².